The van der Waals surface area contributed by atoms with Crippen molar-refractivity contribution in [2.24, 2.45) is 0 Å². The maximum atomic E-state index is 11.7. The number of unbranched alkanes of at least 4 members (excludes halogenated alkanes) is 3. The maximum absolute atomic E-state index is 11.7. The lowest BCUT2D eigenvalue weighted by molar-refractivity contribution is 0.341. The van der Waals surface area contributed by atoms with Crippen LogP contribution in [0.3, 0.4) is 0 Å². The number of hydrogen-bond donors (Lipinski definition) is 1. The Bertz CT molecular complexity index is 471. The summed E-state index contributed by atoms with van der Waals surface area (Å²) in [7, 11) is -3.00. The molecule has 5 heteroatoms. The van der Waals surface area contributed by atoms with Gasteiger partial charge < -0.3 is 10.5 Å². The van der Waals surface area contributed by atoms with Crippen molar-refractivity contribution in [2.75, 3.05) is 23.8 Å². The zero-order valence-corrected chi connectivity index (χ0v) is 12.3. The molecule has 0 aliphatic heterocycles. The summed E-state index contributed by atoms with van der Waals surface area (Å²) in [5.41, 5.74) is 6.22. The Labute approximate surface area is 115 Å². The van der Waals surface area contributed by atoms with Gasteiger partial charge in [0, 0.05) is 11.8 Å². The Kier molecular flexibility index (Phi) is 6.70. The summed E-state index contributed by atoms with van der Waals surface area (Å²) in [6, 6.07) is 7.00. The standard InChI is InChI=1S/C14H23NO3S/c1-2-3-4-5-10-19(16,17)11-9-18-14-8-6-7-13(15)12-14/h6-8,12H,2-5,9-11,15H2,1H3. The highest BCUT2D eigenvalue weighted by molar-refractivity contribution is 7.91. The van der Waals surface area contributed by atoms with Crippen LogP contribution in [0.2, 0.25) is 0 Å². The first kappa shape index (κ1) is 15.8. The normalized spacial score (nSPS) is 11.4. The van der Waals surface area contributed by atoms with Crippen molar-refractivity contribution in [3.05, 3.63) is 24.3 Å². The third-order valence-corrected chi connectivity index (χ3v) is 4.53. The van der Waals surface area contributed by atoms with Gasteiger partial charge >= 0.3 is 0 Å². The molecule has 0 atom stereocenters. The number of ether oxygens (including phenoxy) is 1. The van der Waals surface area contributed by atoms with Crippen LogP contribution in [0.4, 0.5) is 5.69 Å². The lowest BCUT2D eigenvalue weighted by Crippen LogP contribution is -2.17. The van der Waals surface area contributed by atoms with Gasteiger partial charge in [-0.05, 0) is 18.6 Å². The minimum atomic E-state index is -3.00. The fraction of sp³-hybridized carbons (Fsp3) is 0.571. The van der Waals surface area contributed by atoms with Crippen molar-refractivity contribution >= 4 is 15.5 Å². The van der Waals surface area contributed by atoms with Crippen LogP contribution in [0, 0.1) is 0 Å². The van der Waals surface area contributed by atoms with E-state index in [1.807, 2.05) is 0 Å². The molecule has 0 aliphatic rings. The molecule has 1 aromatic carbocycles. The minimum Gasteiger partial charge on any atom is -0.492 e. The predicted octanol–water partition coefficient (Wildman–Crippen LogP) is 2.64. The fourth-order valence-electron chi connectivity index (χ4n) is 1.74. The van der Waals surface area contributed by atoms with E-state index in [4.69, 9.17) is 10.5 Å². The molecule has 4 nitrogen and oxygen atoms in total. The predicted molar refractivity (Wildman–Crippen MR) is 79.1 cm³/mol. The molecule has 0 radical (unpaired) electrons. The largest absolute Gasteiger partial charge is 0.492 e. The van der Waals surface area contributed by atoms with E-state index in [2.05, 4.69) is 6.92 Å². The summed E-state index contributed by atoms with van der Waals surface area (Å²) in [5.74, 6) is 0.933. The third kappa shape index (κ3) is 7.06. The maximum Gasteiger partial charge on any atom is 0.153 e. The number of sulfone groups is 1. The molecule has 108 valence electrons. The van der Waals surface area contributed by atoms with Gasteiger partial charge in [0.1, 0.15) is 12.4 Å². The highest BCUT2D eigenvalue weighted by Gasteiger charge is 2.10. The SMILES string of the molecule is CCCCCCS(=O)(=O)CCOc1cccc(N)c1. The van der Waals surface area contributed by atoms with Gasteiger partial charge in [-0.2, -0.15) is 0 Å². The summed E-state index contributed by atoms with van der Waals surface area (Å²) in [6.45, 7) is 2.29. The van der Waals surface area contributed by atoms with E-state index in [1.54, 1.807) is 24.3 Å². The Morgan fingerprint density at radius 2 is 1.95 bits per heavy atom. The van der Waals surface area contributed by atoms with Crippen LogP contribution in [0.5, 0.6) is 5.75 Å². The van der Waals surface area contributed by atoms with Crippen LogP contribution in [0.1, 0.15) is 32.6 Å². The molecule has 0 unspecified atom stereocenters. The molecule has 1 aromatic rings. The molecule has 19 heavy (non-hydrogen) atoms. The van der Waals surface area contributed by atoms with Crippen LogP contribution in [-0.4, -0.2) is 26.5 Å². The third-order valence-electron chi connectivity index (χ3n) is 2.83. The van der Waals surface area contributed by atoms with Crippen molar-refractivity contribution < 1.29 is 13.2 Å². The molecule has 0 saturated heterocycles. The number of nitrogen functional groups attached to an aromatic ring is 1. The first-order chi connectivity index (χ1) is 9.03. The molecule has 0 spiro atoms. The molecule has 0 aromatic heterocycles. The zero-order valence-electron chi connectivity index (χ0n) is 11.5. The molecular weight excluding hydrogens is 262 g/mol. The van der Waals surface area contributed by atoms with E-state index in [0.29, 0.717) is 11.4 Å². The van der Waals surface area contributed by atoms with Crippen LogP contribution in [0.25, 0.3) is 0 Å². The van der Waals surface area contributed by atoms with Gasteiger partial charge in [0.25, 0.3) is 0 Å². The number of anilines is 1. The van der Waals surface area contributed by atoms with Gasteiger partial charge in [-0.3, -0.25) is 0 Å². The lowest BCUT2D eigenvalue weighted by Gasteiger charge is -2.07. The van der Waals surface area contributed by atoms with Gasteiger partial charge in [0.2, 0.25) is 0 Å². The Morgan fingerprint density at radius 3 is 2.63 bits per heavy atom. The molecule has 0 fully saturated rings. The van der Waals surface area contributed by atoms with Gasteiger partial charge in [0.15, 0.2) is 9.84 Å². The molecule has 0 amide bonds. The van der Waals surface area contributed by atoms with E-state index in [-0.39, 0.29) is 18.1 Å². The summed E-state index contributed by atoms with van der Waals surface area (Å²) in [4.78, 5) is 0. The van der Waals surface area contributed by atoms with E-state index in [1.165, 1.54) is 0 Å². The van der Waals surface area contributed by atoms with E-state index in [9.17, 15) is 8.42 Å². The summed E-state index contributed by atoms with van der Waals surface area (Å²) >= 11 is 0. The van der Waals surface area contributed by atoms with Gasteiger partial charge in [0.05, 0.1) is 11.5 Å². The number of nitrogens with two attached hydrogens (primary N) is 1. The van der Waals surface area contributed by atoms with Crippen LogP contribution < -0.4 is 10.5 Å². The van der Waals surface area contributed by atoms with Crippen molar-refractivity contribution in [1.29, 1.82) is 0 Å². The van der Waals surface area contributed by atoms with Crippen molar-refractivity contribution in [3.63, 3.8) is 0 Å². The second kappa shape index (κ2) is 8.04. The molecule has 0 bridgehead atoms. The van der Waals surface area contributed by atoms with E-state index < -0.39 is 9.84 Å². The number of hydrogen-bond acceptors (Lipinski definition) is 4. The topological polar surface area (TPSA) is 69.4 Å². The first-order valence-corrected chi connectivity index (χ1v) is 8.54. The average molecular weight is 285 g/mol. The molecule has 0 heterocycles. The molecule has 0 aliphatic carbocycles. The molecule has 2 N–H and O–H groups in total. The van der Waals surface area contributed by atoms with Crippen molar-refractivity contribution in [2.45, 2.75) is 32.6 Å². The Hall–Kier alpha value is -1.23. The summed E-state index contributed by atoms with van der Waals surface area (Å²) < 4.78 is 28.9. The highest BCUT2D eigenvalue weighted by Crippen LogP contribution is 2.14. The lowest BCUT2D eigenvalue weighted by atomic mass is 10.2. The Morgan fingerprint density at radius 1 is 1.16 bits per heavy atom. The average Bonchev–Trinajstić information content (AvgIpc) is 2.35. The highest BCUT2D eigenvalue weighted by atomic mass is 32.2. The second-order valence-electron chi connectivity index (χ2n) is 4.63. The van der Waals surface area contributed by atoms with Crippen LogP contribution >= 0.6 is 0 Å². The zero-order chi connectivity index (χ0) is 14.1. The van der Waals surface area contributed by atoms with Crippen molar-refractivity contribution in [1.82, 2.24) is 0 Å². The van der Waals surface area contributed by atoms with Gasteiger partial charge in [-0.15, -0.1) is 0 Å². The minimum absolute atomic E-state index is 0.0634. The summed E-state index contributed by atoms with van der Waals surface area (Å²) in [6.07, 6.45) is 3.92. The van der Waals surface area contributed by atoms with Crippen LogP contribution in [0.15, 0.2) is 24.3 Å². The first-order valence-electron chi connectivity index (χ1n) is 6.72. The number of benzene rings is 1. The quantitative estimate of drug-likeness (QED) is 0.559. The number of rotatable bonds is 9. The Balaban J connectivity index is 2.27. The van der Waals surface area contributed by atoms with Crippen molar-refractivity contribution in [3.8, 4) is 5.75 Å². The molecular formula is C14H23NO3S. The van der Waals surface area contributed by atoms with Crippen LogP contribution in [-0.2, 0) is 9.84 Å². The van der Waals surface area contributed by atoms with Gasteiger partial charge in [-0.1, -0.05) is 32.3 Å². The smallest absolute Gasteiger partial charge is 0.153 e. The fourth-order valence-corrected chi connectivity index (χ4v) is 2.93. The molecule has 1 rings (SSSR count). The monoisotopic (exact) mass is 285 g/mol. The molecule has 0 saturated carbocycles. The summed E-state index contributed by atoms with van der Waals surface area (Å²) in [5, 5.41) is 0. The van der Waals surface area contributed by atoms with Gasteiger partial charge in [-0.25, -0.2) is 8.42 Å². The van der Waals surface area contributed by atoms with E-state index >= 15 is 0 Å². The second-order valence-corrected chi connectivity index (χ2v) is 6.94. The van der Waals surface area contributed by atoms with E-state index in [0.717, 1.165) is 25.7 Å².